The van der Waals surface area contributed by atoms with Crippen molar-refractivity contribution < 1.29 is 13.2 Å². The van der Waals surface area contributed by atoms with Gasteiger partial charge in [-0.3, -0.25) is 9.52 Å². The van der Waals surface area contributed by atoms with E-state index in [-0.39, 0.29) is 11.7 Å². The van der Waals surface area contributed by atoms with Gasteiger partial charge in [0.05, 0.1) is 5.75 Å². The topological polar surface area (TPSA) is 75.3 Å². The van der Waals surface area contributed by atoms with Gasteiger partial charge in [-0.25, -0.2) is 8.42 Å². The first kappa shape index (κ1) is 16.5. The Hall–Kier alpha value is -1.86. The number of carbonyl (C=O) groups excluding carboxylic acids is 1. The maximum atomic E-state index is 12.2. The van der Waals surface area contributed by atoms with E-state index in [0.29, 0.717) is 16.9 Å². The summed E-state index contributed by atoms with van der Waals surface area (Å²) in [4.78, 5) is 12.2. The van der Waals surface area contributed by atoms with E-state index in [4.69, 9.17) is 0 Å². The Bertz CT molecular complexity index is 774. The second kappa shape index (κ2) is 6.93. The summed E-state index contributed by atoms with van der Waals surface area (Å²) in [5, 5.41) is 2.75. The number of carbonyl (C=O) groups is 1. The van der Waals surface area contributed by atoms with Crippen molar-refractivity contribution in [2.75, 3.05) is 15.8 Å². The van der Waals surface area contributed by atoms with Crippen LogP contribution in [-0.4, -0.2) is 20.1 Å². The van der Waals surface area contributed by atoms with Crippen molar-refractivity contribution in [1.82, 2.24) is 0 Å². The molecule has 0 spiro atoms. The van der Waals surface area contributed by atoms with Crippen molar-refractivity contribution in [1.29, 1.82) is 0 Å². The van der Waals surface area contributed by atoms with Crippen LogP contribution in [-0.2, 0) is 10.0 Å². The van der Waals surface area contributed by atoms with Crippen molar-refractivity contribution in [2.45, 2.75) is 6.92 Å². The van der Waals surface area contributed by atoms with E-state index in [9.17, 15) is 13.2 Å². The number of rotatable bonds is 5. The number of sulfonamides is 1. The van der Waals surface area contributed by atoms with Gasteiger partial charge in [0.2, 0.25) is 10.0 Å². The first-order valence-electron chi connectivity index (χ1n) is 6.57. The van der Waals surface area contributed by atoms with Crippen molar-refractivity contribution in [2.24, 2.45) is 0 Å². The Labute approximate surface area is 137 Å². The summed E-state index contributed by atoms with van der Waals surface area (Å²) in [7, 11) is -3.37. The summed E-state index contributed by atoms with van der Waals surface area (Å²) in [6.07, 6.45) is 0. The zero-order chi connectivity index (χ0) is 16.2. The van der Waals surface area contributed by atoms with Crippen LogP contribution in [0.1, 0.15) is 17.3 Å². The van der Waals surface area contributed by atoms with E-state index in [0.717, 1.165) is 4.47 Å². The highest BCUT2D eigenvalue weighted by Crippen LogP contribution is 2.17. The van der Waals surface area contributed by atoms with Crippen LogP contribution in [0.15, 0.2) is 53.0 Å². The summed E-state index contributed by atoms with van der Waals surface area (Å²) < 4.78 is 26.5. The summed E-state index contributed by atoms with van der Waals surface area (Å²) in [5.41, 5.74) is 1.40. The third kappa shape index (κ3) is 4.57. The van der Waals surface area contributed by atoms with Gasteiger partial charge in [-0.1, -0.05) is 22.0 Å². The molecular formula is C15H15BrN2O3S. The summed E-state index contributed by atoms with van der Waals surface area (Å²) in [6.45, 7) is 1.55. The first-order chi connectivity index (χ1) is 10.4. The van der Waals surface area contributed by atoms with Gasteiger partial charge in [0.1, 0.15) is 0 Å². The average Bonchev–Trinajstić information content (AvgIpc) is 2.49. The number of benzene rings is 2. The predicted octanol–water partition coefficient (Wildman–Crippen LogP) is 3.46. The van der Waals surface area contributed by atoms with E-state index in [1.165, 1.54) is 6.07 Å². The van der Waals surface area contributed by atoms with Crippen molar-refractivity contribution in [3.8, 4) is 0 Å². The third-order valence-electron chi connectivity index (χ3n) is 2.88. The van der Waals surface area contributed by atoms with Gasteiger partial charge in [-0.05, 0) is 49.4 Å². The van der Waals surface area contributed by atoms with E-state index in [1.807, 2.05) is 12.1 Å². The predicted molar refractivity (Wildman–Crippen MR) is 91.6 cm³/mol. The van der Waals surface area contributed by atoms with Crippen molar-refractivity contribution in [3.63, 3.8) is 0 Å². The normalized spacial score (nSPS) is 11.0. The van der Waals surface area contributed by atoms with Crippen LogP contribution < -0.4 is 10.0 Å². The van der Waals surface area contributed by atoms with Crippen LogP contribution in [0.3, 0.4) is 0 Å². The molecule has 116 valence electrons. The van der Waals surface area contributed by atoms with Gasteiger partial charge in [0, 0.05) is 21.4 Å². The van der Waals surface area contributed by atoms with Gasteiger partial charge >= 0.3 is 0 Å². The molecule has 0 fully saturated rings. The number of amides is 1. The quantitative estimate of drug-likeness (QED) is 0.830. The van der Waals surface area contributed by atoms with Gasteiger partial charge < -0.3 is 5.32 Å². The lowest BCUT2D eigenvalue weighted by Crippen LogP contribution is -2.16. The first-order valence-corrected chi connectivity index (χ1v) is 9.01. The lowest BCUT2D eigenvalue weighted by atomic mass is 10.2. The maximum absolute atomic E-state index is 12.2. The zero-order valence-electron chi connectivity index (χ0n) is 11.8. The minimum atomic E-state index is -3.37. The Kier molecular flexibility index (Phi) is 5.20. The van der Waals surface area contributed by atoms with Crippen LogP contribution in [0.4, 0.5) is 11.4 Å². The minimum Gasteiger partial charge on any atom is -0.322 e. The minimum absolute atomic E-state index is 0.0255. The Morgan fingerprint density at radius 1 is 1.09 bits per heavy atom. The van der Waals surface area contributed by atoms with Crippen molar-refractivity contribution in [3.05, 3.63) is 58.6 Å². The highest BCUT2D eigenvalue weighted by molar-refractivity contribution is 9.10. The summed E-state index contributed by atoms with van der Waals surface area (Å²) >= 11 is 3.32. The average molecular weight is 383 g/mol. The molecule has 2 aromatic rings. The highest BCUT2D eigenvalue weighted by Gasteiger charge is 2.10. The molecule has 22 heavy (non-hydrogen) atoms. The second-order valence-electron chi connectivity index (χ2n) is 4.55. The van der Waals surface area contributed by atoms with Crippen LogP contribution >= 0.6 is 15.9 Å². The fourth-order valence-corrected chi connectivity index (χ4v) is 2.61. The van der Waals surface area contributed by atoms with E-state index >= 15 is 0 Å². The molecule has 0 aliphatic carbocycles. The van der Waals surface area contributed by atoms with Gasteiger partial charge in [-0.2, -0.15) is 0 Å². The zero-order valence-corrected chi connectivity index (χ0v) is 14.2. The largest absolute Gasteiger partial charge is 0.322 e. The van der Waals surface area contributed by atoms with Gasteiger partial charge in [0.25, 0.3) is 5.91 Å². The van der Waals surface area contributed by atoms with Gasteiger partial charge in [-0.15, -0.1) is 0 Å². The number of hydrogen-bond acceptors (Lipinski definition) is 3. The summed E-state index contributed by atoms with van der Waals surface area (Å²) in [6, 6.07) is 13.5. The molecule has 0 heterocycles. The molecule has 2 aromatic carbocycles. The molecule has 1 amide bonds. The van der Waals surface area contributed by atoms with Crippen LogP contribution in [0.2, 0.25) is 0 Å². The lowest BCUT2D eigenvalue weighted by molar-refractivity contribution is 0.102. The fourth-order valence-electron chi connectivity index (χ4n) is 1.71. The Balaban J connectivity index is 2.15. The number of anilines is 2. The fraction of sp³-hybridized carbons (Fsp3) is 0.133. The third-order valence-corrected chi connectivity index (χ3v) is 4.72. The van der Waals surface area contributed by atoms with E-state index in [1.54, 1.807) is 37.3 Å². The molecule has 0 saturated heterocycles. The molecule has 0 saturated carbocycles. The molecule has 5 nitrogen and oxygen atoms in total. The van der Waals surface area contributed by atoms with Crippen LogP contribution in [0.5, 0.6) is 0 Å². The monoisotopic (exact) mass is 382 g/mol. The van der Waals surface area contributed by atoms with E-state index < -0.39 is 10.0 Å². The van der Waals surface area contributed by atoms with Crippen LogP contribution in [0, 0.1) is 0 Å². The smallest absolute Gasteiger partial charge is 0.255 e. The Morgan fingerprint density at radius 2 is 1.77 bits per heavy atom. The van der Waals surface area contributed by atoms with Crippen LogP contribution in [0.25, 0.3) is 0 Å². The number of nitrogens with one attached hydrogen (secondary N) is 2. The number of halogens is 1. The molecule has 0 bridgehead atoms. The summed E-state index contributed by atoms with van der Waals surface area (Å²) in [5.74, 6) is -0.331. The molecular weight excluding hydrogens is 368 g/mol. The molecule has 2 N–H and O–H groups in total. The lowest BCUT2D eigenvalue weighted by Gasteiger charge is -2.09. The Morgan fingerprint density at radius 3 is 2.41 bits per heavy atom. The molecule has 0 aromatic heterocycles. The van der Waals surface area contributed by atoms with Gasteiger partial charge in [0.15, 0.2) is 0 Å². The molecule has 0 unspecified atom stereocenters. The SMILES string of the molecule is CCS(=O)(=O)Nc1cccc(C(=O)Nc2ccc(Br)cc2)c1. The maximum Gasteiger partial charge on any atom is 0.255 e. The molecule has 0 atom stereocenters. The van der Waals surface area contributed by atoms with E-state index in [2.05, 4.69) is 26.0 Å². The highest BCUT2D eigenvalue weighted by atomic mass is 79.9. The molecule has 0 aliphatic heterocycles. The molecule has 0 aliphatic rings. The molecule has 7 heteroatoms. The second-order valence-corrected chi connectivity index (χ2v) is 7.47. The van der Waals surface area contributed by atoms with Crippen molar-refractivity contribution >= 4 is 43.2 Å². The molecule has 2 rings (SSSR count). The standard InChI is InChI=1S/C15H15BrN2O3S/c1-2-22(20,21)18-14-5-3-4-11(10-14)15(19)17-13-8-6-12(16)7-9-13/h3-10,18H,2H2,1H3,(H,17,19). The number of hydrogen-bond donors (Lipinski definition) is 2. The molecule has 0 radical (unpaired) electrons.